The Labute approximate surface area is 186 Å². The second kappa shape index (κ2) is 11.3. The van der Waals surface area contributed by atoms with Crippen molar-refractivity contribution in [2.75, 3.05) is 14.2 Å². The van der Waals surface area contributed by atoms with Crippen molar-refractivity contribution in [2.45, 2.75) is 6.42 Å². The van der Waals surface area contributed by atoms with Gasteiger partial charge in [0.15, 0.2) is 0 Å². The van der Waals surface area contributed by atoms with Gasteiger partial charge in [-0.1, -0.05) is 36.4 Å². The summed E-state index contributed by atoms with van der Waals surface area (Å²) in [5, 5.41) is 9.22. The average Bonchev–Trinajstić information content (AvgIpc) is 2.78. The number of nitrogens with zero attached hydrogens (tertiary/aromatic N) is 3. The van der Waals surface area contributed by atoms with Gasteiger partial charge in [0.2, 0.25) is 5.88 Å². The van der Waals surface area contributed by atoms with Crippen LogP contribution >= 0.6 is 12.4 Å². The first-order chi connectivity index (χ1) is 14.7. The molecule has 0 amide bonds. The summed E-state index contributed by atoms with van der Waals surface area (Å²) in [6, 6.07) is 18.1. The third kappa shape index (κ3) is 5.81. The Morgan fingerprint density at radius 1 is 1.10 bits per heavy atom. The summed E-state index contributed by atoms with van der Waals surface area (Å²) in [5.41, 5.74) is 2.94. The molecule has 3 aromatic rings. The zero-order valence-corrected chi connectivity index (χ0v) is 17.8. The maximum atomic E-state index is 12.2. The Kier molecular flexibility index (Phi) is 8.55. The van der Waals surface area contributed by atoms with E-state index in [1.807, 2.05) is 24.3 Å². The molecular weight excluding hydrogens is 418 g/mol. The minimum atomic E-state index is -0.496. The van der Waals surface area contributed by atoms with E-state index in [1.165, 1.54) is 26.8 Å². The minimum Gasteiger partial charge on any atom is -0.503 e. The van der Waals surface area contributed by atoms with Crippen LogP contribution in [0.4, 0.5) is 0 Å². The van der Waals surface area contributed by atoms with Gasteiger partial charge in [-0.3, -0.25) is 0 Å². The van der Waals surface area contributed by atoms with Gasteiger partial charge in [-0.2, -0.15) is 5.26 Å². The van der Waals surface area contributed by atoms with Crippen LogP contribution in [0.15, 0.2) is 67.2 Å². The normalized spacial score (nSPS) is 10.4. The molecule has 0 saturated carbocycles. The van der Waals surface area contributed by atoms with Crippen LogP contribution in [-0.2, 0) is 20.7 Å². The van der Waals surface area contributed by atoms with Gasteiger partial charge in [0, 0.05) is 12.5 Å². The van der Waals surface area contributed by atoms with Crippen molar-refractivity contribution in [3.63, 3.8) is 0 Å². The van der Waals surface area contributed by atoms with Crippen LogP contribution in [0, 0.1) is 11.3 Å². The molecule has 0 spiro atoms. The summed E-state index contributed by atoms with van der Waals surface area (Å²) in [4.78, 5) is 20.6. The Morgan fingerprint density at radius 2 is 1.84 bits per heavy atom. The van der Waals surface area contributed by atoms with Gasteiger partial charge < -0.3 is 14.2 Å². The van der Waals surface area contributed by atoms with Gasteiger partial charge in [0.25, 0.3) is 0 Å². The lowest BCUT2D eigenvalue weighted by molar-refractivity contribution is -0.133. The molecule has 0 unspecified atom stereocenters. The van der Waals surface area contributed by atoms with Crippen LogP contribution in [0.2, 0.25) is 0 Å². The van der Waals surface area contributed by atoms with Crippen molar-refractivity contribution in [1.29, 1.82) is 5.26 Å². The van der Waals surface area contributed by atoms with Crippen molar-refractivity contribution in [3.8, 4) is 17.7 Å². The first-order valence-electron chi connectivity index (χ1n) is 9.03. The summed E-state index contributed by atoms with van der Waals surface area (Å²) in [6.45, 7) is 0. The highest BCUT2D eigenvalue weighted by Crippen LogP contribution is 2.26. The average molecular weight is 438 g/mol. The Morgan fingerprint density at radius 3 is 2.58 bits per heavy atom. The van der Waals surface area contributed by atoms with Crippen LogP contribution < -0.4 is 4.74 Å². The monoisotopic (exact) mass is 437 g/mol. The Bertz CT molecular complexity index is 1130. The van der Waals surface area contributed by atoms with E-state index in [0.717, 1.165) is 5.56 Å². The summed E-state index contributed by atoms with van der Waals surface area (Å²) in [5.74, 6) is 0.242. The van der Waals surface area contributed by atoms with Crippen molar-refractivity contribution >= 4 is 23.9 Å². The molecule has 0 atom stereocenters. The summed E-state index contributed by atoms with van der Waals surface area (Å²) >= 11 is 0. The smallest absolute Gasteiger partial charge is 0.341 e. The highest BCUT2D eigenvalue weighted by atomic mass is 35.5. The number of hydrogen-bond donors (Lipinski definition) is 0. The number of aromatic nitrogens is 2. The number of halogens is 1. The highest BCUT2D eigenvalue weighted by Gasteiger charge is 2.17. The molecular formula is C23H20ClN3O4. The predicted molar refractivity (Wildman–Crippen MR) is 117 cm³/mol. The first kappa shape index (κ1) is 23.4. The maximum absolute atomic E-state index is 12.2. The fourth-order valence-corrected chi connectivity index (χ4v) is 2.87. The number of rotatable bonds is 7. The minimum absolute atomic E-state index is 0. The fraction of sp³-hybridized carbons (Fsp3) is 0.130. The first-order valence-corrected chi connectivity index (χ1v) is 9.03. The molecule has 0 radical (unpaired) electrons. The standard InChI is InChI=1S/C23H19N3O4.ClH/c1-28-14-20(23(27)29-2)19-9-5-3-7-16(19)11-18-12-22(26-15-25-18)30-21-10-6-4-8-17(21)13-24;/h3-10,12,14-15H,11H2,1-2H3;1H. The van der Waals surface area contributed by atoms with Crippen molar-refractivity contribution in [1.82, 2.24) is 9.97 Å². The number of carbonyl (C=O) groups is 1. The summed E-state index contributed by atoms with van der Waals surface area (Å²) in [6.07, 6.45) is 3.18. The molecule has 7 nitrogen and oxygen atoms in total. The lowest BCUT2D eigenvalue weighted by Crippen LogP contribution is -2.07. The van der Waals surface area contributed by atoms with Crippen LogP contribution in [0.3, 0.4) is 0 Å². The van der Waals surface area contributed by atoms with Crippen LogP contribution in [0.5, 0.6) is 11.6 Å². The molecule has 0 aliphatic rings. The number of para-hydroxylation sites is 1. The SMILES string of the molecule is COC=C(C(=O)OC)c1ccccc1Cc1cc(Oc2ccccc2C#N)ncn1.Cl. The van der Waals surface area contributed by atoms with Gasteiger partial charge >= 0.3 is 5.97 Å². The second-order valence-electron chi connectivity index (χ2n) is 6.15. The molecule has 0 aliphatic heterocycles. The number of hydrogen-bond acceptors (Lipinski definition) is 7. The van der Waals surface area contributed by atoms with Crippen molar-refractivity contribution in [2.24, 2.45) is 0 Å². The molecule has 0 bridgehead atoms. The van der Waals surface area contributed by atoms with Crippen LogP contribution in [0.1, 0.15) is 22.4 Å². The molecule has 158 valence electrons. The lowest BCUT2D eigenvalue weighted by atomic mass is 9.97. The lowest BCUT2D eigenvalue weighted by Gasteiger charge is -2.12. The van der Waals surface area contributed by atoms with E-state index >= 15 is 0 Å². The predicted octanol–water partition coefficient (Wildman–Crippen LogP) is 4.31. The largest absolute Gasteiger partial charge is 0.503 e. The van der Waals surface area contributed by atoms with E-state index in [4.69, 9.17) is 14.2 Å². The fourth-order valence-electron chi connectivity index (χ4n) is 2.87. The zero-order valence-electron chi connectivity index (χ0n) is 16.9. The Balaban J connectivity index is 0.00000341. The topological polar surface area (TPSA) is 94.3 Å². The molecule has 0 aliphatic carbocycles. The van der Waals surface area contributed by atoms with E-state index in [2.05, 4.69) is 16.0 Å². The molecule has 0 saturated heterocycles. The van der Waals surface area contributed by atoms with E-state index in [9.17, 15) is 10.1 Å². The molecule has 0 fully saturated rings. The second-order valence-corrected chi connectivity index (χ2v) is 6.15. The number of nitriles is 1. The van der Waals surface area contributed by atoms with E-state index < -0.39 is 5.97 Å². The van der Waals surface area contributed by atoms with Crippen LogP contribution in [0.25, 0.3) is 5.57 Å². The number of esters is 1. The Hall–Kier alpha value is -3.89. The van der Waals surface area contributed by atoms with E-state index in [-0.39, 0.29) is 12.4 Å². The number of benzene rings is 2. The van der Waals surface area contributed by atoms with Crippen molar-refractivity contribution in [3.05, 3.63) is 89.6 Å². The van der Waals surface area contributed by atoms with Gasteiger partial charge in [-0.15, -0.1) is 12.4 Å². The molecule has 1 heterocycles. The zero-order chi connectivity index (χ0) is 21.3. The quantitative estimate of drug-likeness (QED) is 0.308. The molecule has 8 heteroatoms. The number of carbonyl (C=O) groups excluding carboxylic acids is 1. The molecule has 31 heavy (non-hydrogen) atoms. The third-order valence-electron chi connectivity index (χ3n) is 4.24. The molecule has 1 aromatic heterocycles. The van der Waals surface area contributed by atoms with Gasteiger partial charge in [0.1, 0.15) is 23.7 Å². The summed E-state index contributed by atoms with van der Waals surface area (Å²) < 4.78 is 15.7. The molecule has 2 aromatic carbocycles. The highest BCUT2D eigenvalue weighted by molar-refractivity contribution is 6.16. The molecule has 3 rings (SSSR count). The van der Waals surface area contributed by atoms with Crippen LogP contribution in [-0.4, -0.2) is 30.2 Å². The number of ether oxygens (including phenoxy) is 3. The number of methoxy groups -OCH3 is 2. The van der Waals surface area contributed by atoms with Crippen molar-refractivity contribution < 1.29 is 19.0 Å². The maximum Gasteiger partial charge on any atom is 0.341 e. The van der Waals surface area contributed by atoms with Gasteiger partial charge in [0.05, 0.1) is 31.7 Å². The van der Waals surface area contributed by atoms with Gasteiger partial charge in [-0.25, -0.2) is 14.8 Å². The summed E-state index contributed by atoms with van der Waals surface area (Å²) in [7, 11) is 2.79. The molecule has 0 N–H and O–H groups in total. The van der Waals surface area contributed by atoms with E-state index in [0.29, 0.717) is 40.4 Å². The van der Waals surface area contributed by atoms with E-state index in [1.54, 1.807) is 30.3 Å². The third-order valence-corrected chi connectivity index (χ3v) is 4.24. The van der Waals surface area contributed by atoms with Gasteiger partial charge in [-0.05, 0) is 23.3 Å².